The van der Waals surface area contributed by atoms with Gasteiger partial charge in [0, 0.05) is 18.0 Å². The van der Waals surface area contributed by atoms with E-state index in [1.54, 1.807) is 12.4 Å². The summed E-state index contributed by atoms with van der Waals surface area (Å²) in [6.07, 6.45) is 3.72. The predicted octanol–water partition coefficient (Wildman–Crippen LogP) is 3.44. The molecule has 0 saturated carbocycles. The molecule has 1 unspecified atom stereocenters. The Morgan fingerprint density at radius 1 is 1.13 bits per heavy atom. The first-order chi connectivity index (χ1) is 14.6. The molecule has 2 N–H and O–H groups in total. The van der Waals surface area contributed by atoms with E-state index in [0.717, 1.165) is 28.0 Å². The maximum absolute atomic E-state index is 11.1. The van der Waals surface area contributed by atoms with Crippen LogP contribution in [-0.2, 0) is 10.3 Å². The Kier molecular flexibility index (Phi) is 5.30. The van der Waals surface area contributed by atoms with E-state index >= 15 is 0 Å². The van der Waals surface area contributed by atoms with E-state index in [2.05, 4.69) is 20.3 Å². The fourth-order valence-corrected chi connectivity index (χ4v) is 3.43. The molecule has 4 rings (SSSR count). The molecule has 3 aromatic rings. The predicted molar refractivity (Wildman–Crippen MR) is 110 cm³/mol. The highest BCUT2D eigenvalue weighted by molar-refractivity contribution is 5.91. The first-order valence-electron chi connectivity index (χ1n) is 9.42. The van der Waals surface area contributed by atoms with Crippen LogP contribution >= 0.6 is 0 Å². The highest BCUT2D eigenvalue weighted by Gasteiger charge is 2.41. The fourth-order valence-electron chi connectivity index (χ4n) is 3.43. The lowest BCUT2D eigenvalue weighted by atomic mass is 9.83. The van der Waals surface area contributed by atoms with E-state index in [0.29, 0.717) is 6.61 Å². The number of aliphatic imine (C=N–C) groups is 1. The Morgan fingerprint density at radius 3 is 2.60 bits per heavy atom. The zero-order valence-electron chi connectivity index (χ0n) is 16.3. The zero-order valence-corrected chi connectivity index (χ0v) is 16.3. The molecule has 1 aliphatic heterocycles. The zero-order chi connectivity index (χ0) is 21.0. The van der Waals surface area contributed by atoms with E-state index < -0.39 is 11.6 Å². The van der Waals surface area contributed by atoms with Gasteiger partial charge in [-0.2, -0.15) is 0 Å². The van der Waals surface area contributed by atoms with Crippen molar-refractivity contribution in [2.75, 3.05) is 13.2 Å². The van der Waals surface area contributed by atoms with Crippen LogP contribution < -0.4 is 10.1 Å². The topological polar surface area (TPSA) is 106 Å². The van der Waals surface area contributed by atoms with E-state index in [4.69, 9.17) is 14.6 Å². The van der Waals surface area contributed by atoms with E-state index in [1.807, 2.05) is 55.5 Å². The van der Waals surface area contributed by atoms with Crippen molar-refractivity contribution in [1.29, 1.82) is 0 Å². The Bertz CT molecular complexity index is 1070. The number of carboxylic acid groups (broad SMARTS) is 1. The number of amidine groups is 1. The van der Waals surface area contributed by atoms with Gasteiger partial charge in [0.25, 0.3) is 6.02 Å². The van der Waals surface area contributed by atoms with Crippen molar-refractivity contribution in [3.8, 4) is 16.9 Å². The minimum absolute atomic E-state index is 0.0372. The van der Waals surface area contributed by atoms with Crippen LogP contribution in [0, 0.1) is 0 Å². The first kappa shape index (κ1) is 19.4. The molecule has 152 valence electrons. The van der Waals surface area contributed by atoms with Gasteiger partial charge in [0.15, 0.2) is 5.54 Å². The summed E-state index contributed by atoms with van der Waals surface area (Å²) in [5.74, 6) is 0.748. The Labute approximate surface area is 173 Å². The molecule has 0 spiro atoms. The lowest BCUT2D eigenvalue weighted by molar-refractivity contribution is 0.195. The number of carbonyl (C=O) groups is 1. The molecular formula is C22H20N4O4. The second-order valence-corrected chi connectivity index (χ2v) is 6.66. The van der Waals surface area contributed by atoms with Crippen LogP contribution in [0.4, 0.5) is 4.79 Å². The summed E-state index contributed by atoms with van der Waals surface area (Å²) in [6, 6.07) is 15.4. The molecule has 0 bridgehead atoms. The highest BCUT2D eigenvalue weighted by atomic mass is 16.5. The van der Waals surface area contributed by atoms with Crippen LogP contribution in [0.3, 0.4) is 0 Å². The average molecular weight is 404 g/mol. The van der Waals surface area contributed by atoms with Gasteiger partial charge < -0.3 is 14.6 Å². The number of rotatable bonds is 5. The summed E-state index contributed by atoms with van der Waals surface area (Å²) in [4.78, 5) is 23.9. The first-order valence-corrected chi connectivity index (χ1v) is 9.42. The van der Waals surface area contributed by atoms with Gasteiger partial charge in [0.1, 0.15) is 18.7 Å². The summed E-state index contributed by atoms with van der Waals surface area (Å²) in [5, 5.41) is 11.3. The Balaban J connectivity index is 1.81. The van der Waals surface area contributed by atoms with Gasteiger partial charge in [-0.3, -0.25) is 0 Å². The van der Waals surface area contributed by atoms with Crippen molar-refractivity contribution in [3.05, 3.63) is 78.4 Å². The maximum atomic E-state index is 11.1. The number of amides is 1. The van der Waals surface area contributed by atoms with Crippen molar-refractivity contribution in [2.24, 2.45) is 4.99 Å². The SMILES string of the molecule is CCOc1ccc(C2(c3cccc(-c4cncnc4)c3)COC(NC(=O)O)=N2)cc1. The van der Waals surface area contributed by atoms with Crippen LogP contribution in [0.5, 0.6) is 5.75 Å². The lowest BCUT2D eigenvalue weighted by Gasteiger charge is -2.26. The van der Waals surface area contributed by atoms with Crippen molar-refractivity contribution >= 4 is 12.1 Å². The van der Waals surface area contributed by atoms with E-state index in [1.165, 1.54) is 6.33 Å². The molecule has 2 aromatic carbocycles. The summed E-state index contributed by atoms with van der Waals surface area (Å²) >= 11 is 0. The molecule has 2 heterocycles. The fraction of sp³-hybridized carbons (Fsp3) is 0.182. The van der Waals surface area contributed by atoms with E-state index in [9.17, 15) is 4.79 Å². The van der Waals surface area contributed by atoms with Gasteiger partial charge in [-0.25, -0.2) is 25.1 Å². The van der Waals surface area contributed by atoms with Crippen LogP contribution in [0.15, 0.2) is 72.2 Å². The van der Waals surface area contributed by atoms with Crippen LogP contribution in [0.1, 0.15) is 18.1 Å². The third kappa shape index (κ3) is 3.80. The number of aromatic nitrogens is 2. The number of hydrogen-bond acceptors (Lipinski definition) is 6. The van der Waals surface area contributed by atoms with Crippen molar-refractivity contribution in [1.82, 2.24) is 15.3 Å². The lowest BCUT2D eigenvalue weighted by Crippen LogP contribution is -2.28. The van der Waals surface area contributed by atoms with Gasteiger partial charge in [0.2, 0.25) is 0 Å². The second-order valence-electron chi connectivity index (χ2n) is 6.66. The maximum Gasteiger partial charge on any atom is 0.412 e. The van der Waals surface area contributed by atoms with Crippen molar-refractivity contribution in [2.45, 2.75) is 12.5 Å². The number of nitrogens with zero attached hydrogens (tertiary/aromatic N) is 3. The number of ether oxygens (including phenoxy) is 2. The van der Waals surface area contributed by atoms with Crippen LogP contribution in [0.2, 0.25) is 0 Å². The third-order valence-electron chi connectivity index (χ3n) is 4.80. The number of hydrogen-bond donors (Lipinski definition) is 2. The molecule has 1 aromatic heterocycles. The minimum atomic E-state index is -1.23. The van der Waals surface area contributed by atoms with Crippen molar-refractivity contribution < 1.29 is 19.4 Å². The molecule has 1 atom stereocenters. The normalized spacial score (nSPS) is 17.7. The average Bonchev–Trinajstić information content (AvgIpc) is 3.19. The molecule has 8 nitrogen and oxygen atoms in total. The minimum Gasteiger partial charge on any atom is -0.494 e. The number of nitrogens with one attached hydrogen (secondary N) is 1. The summed E-state index contributed by atoms with van der Waals surface area (Å²) < 4.78 is 11.2. The third-order valence-corrected chi connectivity index (χ3v) is 4.80. The molecule has 1 amide bonds. The van der Waals surface area contributed by atoms with Gasteiger partial charge >= 0.3 is 6.09 Å². The molecule has 0 saturated heterocycles. The monoisotopic (exact) mass is 404 g/mol. The van der Waals surface area contributed by atoms with Crippen molar-refractivity contribution in [3.63, 3.8) is 0 Å². The molecular weight excluding hydrogens is 384 g/mol. The van der Waals surface area contributed by atoms with E-state index in [-0.39, 0.29) is 12.6 Å². The summed E-state index contributed by atoms with van der Waals surface area (Å²) in [6.45, 7) is 2.65. The molecule has 0 radical (unpaired) electrons. The Morgan fingerprint density at radius 2 is 1.90 bits per heavy atom. The largest absolute Gasteiger partial charge is 0.494 e. The smallest absolute Gasteiger partial charge is 0.412 e. The van der Waals surface area contributed by atoms with Gasteiger partial charge in [-0.1, -0.05) is 30.3 Å². The number of benzene rings is 2. The molecule has 8 heteroatoms. The standard InChI is InChI=1S/C22H20N4O4/c1-2-29-19-8-6-17(7-9-19)22(13-30-20(26-22)25-21(27)28)18-5-3-4-15(10-18)16-11-23-14-24-12-16/h3-12,14H,2,13H2,1H3,(H,25,26)(H,27,28). The van der Waals surface area contributed by atoms with Crippen LogP contribution in [0.25, 0.3) is 11.1 Å². The highest BCUT2D eigenvalue weighted by Crippen LogP contribution is 2.39. The summed E-state index contributed by atoms with van der Waals surface area (Å²) in [5.41, 5.74) is 2.60. The molecule has 1 aliphatic rings. The molecule has 0 aliphatic carbocycles. The summed E-state index contributed by atoms with van der Waals surface area (Å²) in [7, 11) is 0. The second kappa shape index (κ2) is 8.20. The van der Waals surface area contributed by atoms with Gasteiger partial charge in [0.05, 0.1) is 6.61 Å². The molecule has 30 heavy (non-hydrogen) atoms. The Hall–Kier alpha value is -3.94. The van der Waals surface area contributed by atoms with Gasteiger partial charge in [-0.15, -0.1) is 0 Å². The van der Waals surface area contributed by atoms with Gasteiger partial charge in [-0.05, 0) is 41.8 Å². The quantitative estimate of drug-likeness (QED) is 0.675. The molecule has 0 fully saturated rings. The van der Waals surface area contributed by atoms with Crippen LogP contribution in [-0.4, -0.2) is 40.4 Å².